The van der Waals surface area contributed by atoms with Gasteiger partial charge in [-0.25, -0.2) is 4.79 Å². The zero-order valence-electron chi connectivity index (χ0n) is 11.5. The summed E-state index contributed by atoms with van der Waals surface area (Å²) in [6, 6.07) is 7.81. The molecule has 1 atom stereocenters. The molecule has 2 aromatic heterocycles. The predicted molar refractivity (Wildman–Crippen MR) is 79.9 cm³/mol. The van der Waals surface area contributed by atoms with Gasteiger partial charge in [-0.05, 0) is 29.5 Å². The van der Waals surface area contributed by atoms with Crippen molar-refractivity contribution in [2.75, 3.05) is 0 Å². The third-order valence-corrected chi connectivity index (χ3v) is 4.05. The van der Waals surface area contributed by atoms with Crippen molar-refractivity contribution in [2.45, 2.75) is 26.4 Å². The fourth-order valence-electron chi connectivity index (χ4n) is 2.00. The van der Waals surface area contributed by atoms with Gasteiger partial charge in [0.2, 0.25) is 0 Å². The first-order chi connectivity index (χ1) is 9.58. The topological polar surface area (TPSA) is 62.2 Å². The van der Waals surface area contributed by atoms with Gasteiger partial charge in [0.15, 0.2) is 0 Å². The van der Waals surface area contributed by atoms with Gasteiger partial charge in [0, 0.05) is 23.7 Å². The van der Waals surface area contributed by atoms with E-state index in [0.29, 0.717) is 12.5 Å². The average Bonchev–Trinajstić information content (AvgIpc) is 2.93. The molecule has 2 rings (SSSR count). The number of nitrogens with one attached hydrogen (secondary N) is 1. The molecule has 20 heavy (non-hydrogen) atoms. The summed E-state index contributed by atoms with van der Waals surface area (Å²) in [7, 11) is 0. The number of hydrogen-bond donors (Lipinski definition) is 2. The van der Waals surface area contributed by atoms with E-state index in [1.165, 1.54) is 11.1 Å². The Balaban J connectivity index is 2.01. The number of aromatic nitrogens is 1. The van der Waals surface area contributed by atoms with E-state index in [1.807, 2.05) is 0 Å². The molecule has 2 N–H and O–H groups in total. The fourth-order valence-corrected chi connectivity index (χ4v) is 2.98. The van der Waals surface area contributed by atoms with Gasteiger partial charge in [0.05, 0.1) is 11.3 Å². The summed E-state index contributed by atoms with van der Waals surface area (Å²) >= 11 is 1.74. The minimum atomic E-state index is -0.948. The summed E-state index contributed by atoms with van der Waals surface area (Å²) in [6.07, 6.45) is 1.40. The number of aromatic carboxylic acids is 1. The van der Waals surface area contributed by atoms with Crippen molar-refractivity contribution in [3.63, 3.8) is 0 Å². The molecule has 2 heterocycles. The van der Waals surface area contributed by atoms with Crippen LogP contribution in [0.3, 0.4) is 0 Å². The Morgan fingerprint density at radius 2 is 2.20 bits per heavy atom. The first-order valence-electron chi connectivity index (χ1n) is 6.53. The summed E-state index contributed by atoms with van der Waals surface area (Å²) in [5.74, 6) is -0.470. The molecule has 0 aliphatic carbocycles. The van der Waals surface area contributed by atoms with Crippen molar-refractivity contribution in [3.8, 4) is 0 Å². The second-order valence-electron chi connectivity index (χ2n) is 4.96. The zero-order chi connectivity index (χ0) is 14.5. The fraction of sp³-hybridized carbons (Fsp3) is 0.333. The van der Waals surface area contributed by atoms with E-state index >= 15 is 0 Å². The molecule has 106 valence electrons. The van der Waals surface area contributed by atoms with Crippen LogP contribution in [0.2, 0.25) is 0 Å². The molecule has 0 bridgehead atoms. The highest BCUT2D eigenvalue weighted by Crippen LogP contribution is 2.25. The van der Waals surface area contributed by atoms with E-state index in [4.69, 9.17) is 5.11 Å². The van der Waals surface area contributed by atoms with Gasteiger partial charge in [0.25, 0.3) is 0 Å². The Morgan fingerprint density at radius 1 is 1.40 bits per heavy atom. The molecule has 4 nitrogen and oxygen atoms in total. The highest BCUT2D eigenvalue weighted by Gasteiger charge is 2.16. The van der Waals surface area contributed by atoms with Crippen LogP contribution in [-0.4, -0.2) is 16.1 Å². The van der Waals surface area contributed by atoms with Gasteiger partial charge in [-0.15, -0.1) is 11.3 Å². The van der Waals surface area contributed by atoms with Gasteiger partial charge in [-0.2, -0.15) is 0 Å². The molecule has 1 unspecified atom stereocenters. The van der Waals surface area contributed by atoms with Crippen LogP contribution in [0, 0.1) is 5.92 Å². The number of rotatable bonds is 6. The maximum Gasteiger partial charge on any atom is 0.337 e. The van der Waals surface area contributed by atoms with E-state index in [-0.39, 0.29) is 11.6 Å². The number of pyridine rings is 1. The van der Waals surface area contributed by atoms with E-state index in [1.54, 1.807) is 23.5 Å². The largest absolute Gasteiger partial charge is 0.478 e. The summed E-state index contributed by atoms with van der Waals surface area (Å²) in [4.78, 5) is 16.2. The van der Waals surface area contributed by atoms with Crippen molar-refractivity contribution in [2.24, 2.45) is 5.92 Å². The van der Waals surface area contributed by atoms with Crippen LogP contribution < -0.4 is 5.32 Å². The van der Waals surface area contributed by atoms with Crippen molar-refractivity contribution in [1.29, 1.82) is 0 Å². The smallest absolute Gasteiger partial charge is 0.337 e. The summed E-state index contributed by atoms with van der Waals surface area (Å²) in [6.45, 7) is 4.98. The van der Waals surface area contributed by atoms with Crippen LogP contribution in [0.1, 0.15) is 40.8 Å². The zero-order valence-corrected chi connectivity index (χ0v) is 12.4. The number of hydrogen-bond acceptors (Lipinski definition) is 4. The van der Waals surface area contributed by atoms with E-state index in [2.05, 4.69) is 41.7 Å². The maximum absolute atomic E-state index is 10.8. The molecule has 0 aliphatic heterocycles. The summed E-state index contributed by atoms with van der Waals surface area (Å²) in [5, 5.41) is 14.4. The third-order valence-electron chi connectivity index (χ3n) is 3.09. The molecule has 0 aromatic carbocycles. The minimum Gasteiger partial charge on any atom is -0.478 e. The van der Waals surface area contributed by atoms with Crippen LogP contribution in [-0.2, 0) is 6.54 Å². The lowest BCUT2D eigenvalue weighted by atomic mass is 10.0. The van der Waals surface area contributed by atoms with Crippen LogP contribution >= 0.6 is 11.3 Å². The second-order valence-corrected chi connectivity index (χ2v) is 5.94. The summed E-state index contributed by atoms with van der Waals surface area (Å²) in [5.41, 5.74) is 1.06. The van der Waals surface area contributed by atoms with Gasteiger partial charge in [0.1, 0.15) is 0 Å². The predicted octanol–water partition coefficient (Wildman–Crippen LogP) is 3.33. The van der Waals surface area contributed by atoms with Gasteiger partial charge >= 0.3 is 5.97 Å². The number of thiophene rings is 1. The molecule has 0 fully saturated rings. The van der Waals surface area contributed by atoms with Gasteiger partial charge in [-0.3, -0.25) is 4.98 Å². The molecular formula is C15H18N2O2S. The summed E-state index contributed by atoms with van der Waals surface area (Å²) < 4.78 is 0. The lowest BCUT2D eigenvalue weighted by Gasteiger charge is -2.21. The number of carbonyl (C=O) groups is 1. The molecule has 0 saturated heterocycles. The van der Waals surface area contributed by atoms with E-state index in [9.17, 15) is 4.79 Å². The molecule has 0 radical (unpaired) electrons. The first-order valence-corrected chi connectivity index (χ1v) is 7.41. The van der Waals surface area contributed by atoms with Crippen molar-refractivity contribution in [3.05, 3.63) is 52.0 Å². The number of carboxylic acid groups (broad SMARTS) is 1. The van der Waals surface area contributed by atoms with Gasteiger partial charge in [-0.1, -0.05) is 19.9 Å². The second kappa shape index (κ2) is 6.63. The van der Waals surface area contributed by atoms with Crippen LogP contribution in [0.15, 0.2) is 35.8 Å². The van der Waals surface area contributed by atoms with Crippen LogP contribution in [0.4, 0.5) is 0 Å². The monoisotopic (exact) mass is 290 g/mol. The molecule has 5 heteroatoms. The molecule has 0 aliphatic rings. The standard InChI is InChI=1S/C15H18N2O2S/c1-10(2)14(13-4-3-7-20-13)17-9-12-6-5-11(8-16-12)15(18)19/h3-8,10,14,17H,9H2,1-2H3,(H,18,19). The Bertz CT molecular complexity index is 550. The Kier molecular flexibility index (Phi) is 4.87. The highest BCUT2D eigenvalue weighted by molar-refractivity contribution is 7.10. The van der Waals surface area contributed by atoms with Crippen molar-refractivity contribution < 1.29 is 9.90 Å². The van der Waals surface area contributed by atoms with Gasteiger partial charge < -0.3 is 10.4 Å². The third kappa shape index (κ3) is 3.65. The number of carboxylic acids is 1. The molecular weight excluding hydrogens is 272 g/mol. The normalized spacial score (nSPS) is 12.6. The molecule has 0 saturated carbocycles. The molecule has 2 aromatic rings. The quantitative estimate of drug-likeness (QED) is 0.856. The van der Waals surface area contributed by atoms with E-state index in [0.717, 1.165) is 5.69 Å². The van der Waals surface area contributed by atoms with Crippen molar-refractivity contribution >= 4 is 17.3 Å². The SMILES string of the molecule is CC(C)C(NCc1ccc(C(=O)O)cn1)c1cccs1. The lowest BCUT2D eigenvalue weighted by Crippen LogP contribution is -2.25. The average molecular weight is 290 g/mol. The number of nitrogens with zero attached hydrogens (tertiary/aromatic N) is 1. The Labute approximate surface area is 122 Å². The lowest BCUT2D eigenvalue weighted by molar-refractivity contribution is 0.0696. The molecule has 0 spiro atoms. The Morgan fingerprint density at radius 3 is 2.70 bits per heavy atom. The molecule has 0 amide bonds. The first kappa shape index (κ1) is 14.7. The van der Waals surface area contributed by atoms with Crippen LogP contribution in [0.5, 0.6) is 0 Å². The highest BCUT2D eigenvalue weighted by atomic mass is 32.1. The Hall–Kier alpha value is -1.72. The van der Waals surface area contributed by atoms with Crippen molar-refractivity contribution in [1.82, 2.24) is 10.3 Å². The van der Waals surface area contributed by atoms with Crippen LogP contribution in [0.25, 0.3) is 0 Å². The van der Waals surface area contributed by atoms with E-state index < -0.39 is 5.97 Å². The maximum atomic E-state index is 10.8. The minimum absolute atomic E-state index is 0.215.